The SMILES string of the molecule is CS[C@@H]1OC(=O)N(c2ccc(C(=O)Oc3c(F)c(F)c(F)c(F)c3F)c(F)c2)C1CNC(C)=O. The van der Waals surface area contributed by atoms with Gasteiger partial charge in [0.15, 0.2) is 5.44 Å². The van der Waals surface area contributed by atoms with Gasteiger partial charge in [0.25, 0.3) is 0 Å². The fourth-order valence-electron chi connectivity index (χ4n) is 3.07. The Morgan fingerprint density at radius 2 is 1.65 bits per heavy atom. The normalized spacial score (nSPS) is 17.5. The molecule has 2 aromatic rings. The number of nitrogens with zero attached hydrogens (tertiary/aromatic N) is 1. The van der Waals surface area contributed by atoms with E-state index in [1.807, 2.05) is 0 Å². The zero-order chi connectivity index (χ0) is 25.3. The van der Waals surface area contributed by atoms with E-state index in [1.165, 1.54) is 6.92 Å². The molecule has 7 nitrogen and oxygen atoms in total. The molecule has 1 aliphatic rings. The Kier molecular flexibility index (Phi) is 7.29. The molecule has 34 heavy (non-hydrogen) atoms. The molecule has 14 heteroatoms. The molecular formula is C20H14F6N2O5S. The summed E-state index contributed by atoms with van der Waals surface area (Å²) in [7, 11) is 0. The quantitative estimate of drug-likeness (QED) is 0.210. The fourth-order valence-corrected chi connectivity index (χ4v) is 3.78. The van der Waals surface area contributed by atoms with Crippen molar-refractivity contribution >= 4 is 35.4 Å². The molecule has 0 saturated carbocycles. The van der Waals surface area contributed by atoms with Crippen molar-refractivity contribution in [2.45, 2.75) is 18.4 Å². The number of benzene rings is 2. The summed E-state index contributed by atoms with van der Waals surface area (Å²) >= 11 is 1.15. The third kappa shape index (κ3) is 4.62. The van der Waals surface area contributed by atoms with Gasteiger partial charge in [-0.1, -0.05) is 0 Å². The van der Waals surface area contributed by atoms with Gasteiger partial charge in [-0.05, 0) is 24.5 Å². The molecule has 0 bridgehead atoms. The van der Waals surface area contributed by atoms with Crippen LogP contribution in [0.25, 0.3) is 0 Å². The Morgan fingerprint density at radius 3 is 2.18 bits per heavy atom. The number of amides is 2. The summed E-state index contributed by atoms with van der Waals surface area (Å²) in [6, 6.07) is 1.81. The minimum absolute atomic E-state index is 0.0434. The summed E-state index contributed by atoms with van der Waals surface area (Å²) < 4.78 is 91.3. The number of rotatable bonds is 6. The molecule has 2 aromatic carbocycles. The van der Waals surface area contributed by atoms with E-state index < -0.39 is 75.7 Å². The van der Waals surface area contributed by atoms with Crippen LogP contribution >= 0.6 is 11.8 Å². The van der Waals surface area contributed by atoms with Crippen molar-refractivity contribution in [2.24, 2.45) is 0 Å². The molecule has 0 radical (unpaired) electrons. The van der Waals surface area contributed by atoms with E-state index in [0.717, 1.165) is 28.8 Å². The molecular weight excluding hydrogens is 494 g/mol. The van der Waals surface area contributed by atoms with Crippen LogP contribution in [0.5, 0.6) is 5.75 Å². The summed E-state index contributed by atoms with van der Waals surface area (Å²) in [6.07, 6.45) is 0.771. The van der Waals surface area contributed by atoms with Crippen LogP contribution in [0, 0.1) is 34.9 Å². The first-order chi connectivity index (χ1) is 16.0. The van der Waals surface area contributed by atoms with Gasteiger partial charge in [-0.2, -0.15) is 8.78 Å². The maximum Gasteiger partial charge on any atom is 0.415 e. The predicted octanol–water partition coefficient (Wildman–Crippen LogP) is 3.89. The Morgan fingerprint density at radius 1 is 1.06 bits per heavy atom. The Labute approximate surface area is 192 Å². The Hall–Kier alpha value is -3.42. The molecule has 1 N–H and O–H groups in total. The van der Waals surface area contributed by atoms with Crippen molar-refractivity contribution in [3.05, 3.63) is 58.7 Å². The standard InChI is InChI=1S/C20H14F6N2O5S/c1-7(29)27-6-11-19(34-2)33-20(31)28(11)8-3-4-9(10(21)5-8)18(30)32-17-15(25)13(23)12(22)14(24)16(17)26/h3-5,11,19H,6H2,1-2H3,(H,27,29)/t11?,19-/m0/s1. The number of thioether (sulfide) groups is 1. The van der Waals surface area contributed by atoms with Crippen molar-refractivity contribution in [1.29, 1.82) is 0 Å². The minimum atomic E-state index is -2.46. The summed E-state index contributed by atoms with van der Waals surface area (Å²) in [5.74, 6) is -17.4. The van der Waals surface area contributed by atoms with Gasteiger partial charge in [-0.3, -0.25) is 9.69 Å². The first kappa shape index (κ1) is 25.2. The van der Waals surface area contributed by atoms with Gasteiger partial charge in [0, 0.05) is 13.5 Å². The third-order valence-electron chi connectivity index (χ3n) is 4.67. The number of halogens is 6. The van der Waals surface area contributed by atoms with Crippen molar-refractivity contribution < 1.29 is 50.2 Å². The fraction of sp³-hybridized carbons (Fsp3) is 0.250. The molecule has 1 fully saturated rings. The van der Waals surface area contributed by atoms with Gasteiger partial charge >= 0.3 is 12.1 Å². The highest BCUT2D eigenvalue weighted by Crippen LogP contribution is 2.33. The number of esters is 1. The molecule has 182 valence electrons. The number of carbonyl (C=O) groups is 3. The summed E-state index contributed by atoms with van der Waals surface area (Å²) in [4.78, 5) is 36.8. The molecule has 2 amide bonds. The number of carbonyl (C=O) groups excluding carboxylic acids is 3. The van der Waals surface area contributed by atoms with Crippen LogP contribution < -0.4 is 15.0 Å². The van der Waals surface area contributed by atoms with Gasteiger partial charge in [-0.25, -0.2) is 27.2 Å². The largest absolute Gasteiger partial charge is 0.432 e. The summed E-state index contributed by atoms with van der Waals surface area (Å²) in [5, 5.41) is 2.51. The molecule has 0 aromatic heterocycles. The van der Waals surface area contributed by atoms with Gasteiger partial charge in [0.2, 0.25) is 40.7 Å². The highest BCUT2D eigenvalue weighted by molar-refractivity contribution is 7.99. The first-order valence-electron chi connectivity index (χ1n) is 9.28. The van der Waals surface area contributed by atoms with E-state index in [2.05, 4.69) is 10.1 Å². The van der Waals surface area contributed by atoms with Crippen LogP contribution in [0.4, 0.5) is 36.8 Å². The van der Waals surface area contributed by atoms with Gasteiger partial charge < -0.3 is 14.8 Å². The van der Waals surface area contributed by atoms with E-state index in [9.17, 15) is 40.7 Å². The molecule has 2 atom stereocenters. The van der Waals surface area contributed by atoms with Crippen molar-refractivity contribution in [2.75, 3.05) is 17.7 Å². The lowest BCUT2D eigenvalue weighted by Crippen LogP contribution is -2.44. The van der Waals surface area contributed by atoms with E-state index >= 15 is 0 Å². The number of nitrogens with one attached hydrogen (secondary N) is 1. The van der Waals surface area contributed by atoms with E-state index in [-0.39, 0.29) is 12.2 Å². The average molecular weight is 508 g/mol. The average Bonchev–Trinajstić information content (AvgIpc) is 3.12. The molecule has 0 spiro atoms. The smallest absolute Gasteiger partial charge is 0.415 e. The highest BCUT2D eigenvalue weighted by Gasteiger charge is 2.42. The predicted molar refractivity (Wildman–Crippen MR) is 106 cm³/mol. The van der Waals surface area contributed by atoms with E-state index in [1.54, 1.807) is 6.26 Å². The van der Waals surface area contributed by atoms with Gasteiger partial charge in [-0.15, -0.1) is 11.8 Å². The monoisotopic (exact) mass is 508 g/mol. The first-order valence-corrected chi connectivity index (χ1v) is 10.6. The maximum absolute atomic E-state index is 14.7. The Balaban J connectivity index is 1.90. The molecule has 1 aliphatic heterocycles. The van der Waals surface area contributed by atoms with Gasteiger partial charge in [0.1, 0.15) is 11.9 Å². The van der Waals surface area contributed by atoms with E-state index in [0.29, 0.717) is 6.07 Å². The van der Waals surface area contributed by atoms with Crippen LogP contribution in [0.15, 0.2) is 18.2 Å². The van der Waals surface area contributed by atoms with Crippen molar-refractivity contribution in [3.63, 3.8) is 0 Å². The molecule has 1 heterocycles. The number of cyclic esters (lactones) is 1. The number of hydrogen-bond donors (Lipinski definition) is 1. The molecule has 1 saturated heterocycles. The van der Waals surface area contributed by atoms with Crippen LogP contribution in [-0.4, -0.2) is 42.2 Å². The minimum Gasteiger partial charge on any atom is -0.432 e. The molecule has 3 rings (SSSR count). The number of anilines is 1. The van der Waals surface area contributed by atoms with Crippen molar-refractivity contribution in [3.8, 4) is 5.75 Å². The second-order valence-electron chi connectivity index (χ2n) is 6.81. The third-order valence-corrected chi connectivity index (χ3v) is 5.54. The summed E-state index contributed by atoms with van der Waals surface area (Å²) in [6.45, 7) is 1.21. The maximum atomic E-state index is 14.7. The number of hydrogen-bond acceptors (Lipinski definition) is 6. The van der Waals surface area contributed by atoms with Crippen LogP contribution in [0.3, 0.4) is 0 Å². The van der Waals surface area contributed by atoms with Crippen LogP contribution in [0.2, 0.25) is 0 Å². The zero-order valence-corrected chi connectivity index (χ0v) is 18.1. The van der Waals surface area contributed by atoms with Crippen molar-refractivity contribution in [1.82, 2.24) is 5.32 Å². The van der Waals surface area contributed by atoms with Crippen LogP contribution in [0.1, 0.15) is 17.3 Å². The highest BCUT2D eigenvalue weighted by atomic mass is 32.2. The van der Waals surface area contributed by atoms with Crippen LogP contribution in [-0.2, 0) is 9.53 Å². The topological polar surface area (TPSA) is 84.9 Å². The second-order valence-corrected chi connectivity index (χ2v) is 7.75. The lowest BCUT2D eigenvalue weighted by Gasteiger charge is -2.24. The summed E-state index contributed by atoms with van der Waals surface area (Å²) in [5.41, 5.74) is -1.73. The molecule has 1 unspecified atom stereocenters. The zero-order valence-electron chi connectivity index (χ0n) is 17.3. The second kappa shape index (κ2) is 9.83. The Bertz CT molecular complexity index is 1150. The number of ether oxygens (including phenoxy) is 2. The lowest BCUT2D eigenvalue weighted by atomic mass is 10.1. The molecule has 0 aliphatic carbocycles. The van der Waals surface area contributed by atoms with E-state index in [4.69, 9.17) is 4.74 Å². The van der Waals surface area contributed by atoms with Gasteiger partial charge in [0.05, 0.1) is 11.3 Å². The lowest BCUT2D eigenvalue weighted by molar-refractivity contribution is -0.119.